The SMILES string of the molecule is CN(Cc1cccnc1)C(=O)CCC[C@H]1NCC2CC1CN(Cc1ccccc1)C2. The lowest BCUT2D eigenvalue weighted by atomic mass is 9.79. The Morgan fingerprint density at radius 1 is 1.17 bits per heavy atom. The molecule has 2 bridgehead atoms. The first kappa shape index (κ1) is 21.0. The molecule has 1 aromatic carbocycles. The van der Waals surface area contributed by atoms with E-state index < -0.39 is 0 Å². The van der Waals surface area contributed by atoms with Crippen LogP contribution in [-0.4, -0.2) is 53.4 Å². The van der Waals surface area contributed by atoms with Crippen molar-refractivity contribution < 1.29 is 4.79 Å². The van der Waals surface area contributed by atoms with Gasteiger partial charge in [-0.05, 0) is 54.8 Å². The predicted molar refractivity (Wildman–Crippen MR) is 120 cm³/mol. The van der Waals surface area contributed by atoms with Crippen molar-refractivity contribution in [3.05, 3.63) is 66.0 Å². The lowest BCUT2D eigenvalue weighted by molar-refractivity contribution is -0.130. The fraction of sp³-hybridized carbons (Fsp3) is 0.520. The molecule has 2 saturated heterocycles. The van der Waals surface area contributed by atoms with E-state index in [1.54, 1.807) is 6.20 Å². The average Bonchev–Trinajstić information content (AvgIpc) is 2.76. The number of pyridine rings is 1. The summed E-state index contributed by atoms with van der Waals surface area (Å²) in [4.78, 5) is 21.1. The normalized spacial score (nSPS) is 23.8. The van der Waals surface area contributed by atoms with Crippen LogP contribution >= 0.6 is 0 Å². The molecule has 1 N–H and O–H groups in total. The zero-order valence-corrected chi connectivity index (χ0v) is 18.0. The average molecular weight is 407 g/mol. The lowest BCUT2D eigenvalue weighted by Gasteiger charge is -2.46. The zero-order valence-electron chi connectivity index (χ0n) is 18.0. The molecule has 1 amide bonds. The molecule has 3 heterocycles. The Labute approximate surface area is 180 Å². The van der Waals surface area contributed by atoms with E-state index in [9.17, 15) is 4.79 Å². The number of carbonyl (C=O) groups is 1. The zero-order chi connectivity index (χ0) is 20.8. The molecule has 4 rings (SSSR count). The quantitative estimate of drug-likeness (QED) is 0.731. The van der Waals surface area contributed by atoms with Crippen molar-refractivity contribution in [3.63, 3.8) is 0 Å². The number of amides is 1. The number of hydrogen-bond acceptors (Lipinski definition) is 4. The third kappa shape index (κ3) is 5.67. The van der Waals surface area contributed by atoms with E-state index in [1.807, 2.05) is 30.3 Å². The van der Waals surface area contributed by atoms with Gasteiger partial charge >= 0.3 is 0 Å². The predicted octanol–water partition coefficient (Wildman–Crippen LogP) is 3.32. The summed E-state index contributed by atoms with van der Waals surface area (Å²) in [5.41, 5.74) is 2.48. The van der Waals surface area contributed by atoms with E-state index in [2.05, 4.69) is 45.5 Å². The van der Waals surface area contributed by atoms with E-state index in [-0.39, 0.29) is 5.91 Å². The molecule has 160 valence electrons. The number of likely N-dealkylation sites (tertiary alicyclic amines) is 1. The summed E-state index contributed by atoms with van der Waals surface area (Å²) in [7, 11) is 1.89. The first-order valence-electron chi connectivity index (χ1n) is 11.3. The molecule has 3 atom stereocenters. The smallest absolute Gasteiger partial charge is 0.222 e. The van der Waals surface area contributed by atoms with Gasteiger partial charge in [0.25, 0.3) is 0 Å². The standard InChI is InChI=1S/C25H34N4O/c1-28(16-21-9-6-12-26-14-21)25(30)11-5-10-24-23-13-22(15-27-24)18-29(19-23)17-20-7-3-2-4-8-20/h2-4,6-9,12,14,22-24,27H,5,10-11,13,15-19H2,1H3/t22?,23?,24-/m1/s1. The Bertz CT molecular complexity index is 797. The second kappa shape index (κ2) is 10.2. The highest BCUT2D eigenvalue weighted by Gasteiger charge is 2.36. The topological polar surface area (TPSA) is 48.5 Å². The number of nitrogens with one attached hydrogen (secondary N) is 1. The minimum absolute atomic E-state index is 0.224. The molecule has 0 saturated carbocycles. The van der Waals surface area contributed by atoms with Gasteiger partial charge in [-0.15, -0.1) is 0 Å². The Kier molecular flexibility index (Phi) is 7.13. The fourth-order valence-electron chi connectivity index (χ4n) is 5.10. The van der Waals surface area contributed by atoms with Crippen LogP contribution in [0.2, 0.25) is 0 Å². The minimum Gasteiger partial charge on any atom is -0.341 e. The van der Waals surface area contributed by atoms with Crippen molar-refractivity contribution in [1.82, 2.24) is 20.1 Å². The first-order valence-corrected chi connectivity index (χ1v) is 11.3. The molecule has 2 fully saturated rings. The van der Waals surface area contributed by atoms with E-state index in [1.165, 1.54) is 18.5 Å². The molecular weight excluding hydrogens is 372 g/mol. The monoisotopic (exact) mass is 406 g/mol. The van der Waals surface area contributed by atoms with Crippen LogP contribution in [0.5, 0.6) is 0 Å². The summed E-state index contributed by atoms with van der Waals surface area (Å²) in [5, 5.41) is 3.79. The number of rotatable bonds is 8. The van der Waals surface area contributed by atoms with Crippen molar-refractivity contribution in [2.45, 2.75) is 44.8 Å². The van der Waals surface area contributed by atoms with Gasteiger partial charge in [-0.3, -0.25) is 14.7 Å². The molecule has 30 heavy (non-hydrogen) atoms. The van der Waals surface area contributed by atoms with Crippen LogP contribution in [0.4, 0.5) is 0 Å². The van der Waals surface area contributed by atoms with Crippen molar-refractivity contribution in [2.24, 2.45) is 11.8 Å². The summed E-state index contributed by atoms with van der Waals surface area (Å²) < 4.78 is 0. The fourth-order valence-corrected chi connectivity index (χ4v) is 5.10. The van der Waals surface area contributed by atoms with Crippen LogP contribution < -0.4 is 5.32 Å². The van der Waals surface area contributed by atoms with Gasteiger partial charge in [0.2, 0.25) is 5.91 Å². The second-order valence-electron chi connectivity index (χ2n) is 9.06. The highest BCUT2D eigenvalue weighted by molar-refractivity contribution is 5.75. The van der Waals surface area contributed by atoms with E-state index in [4.69, 9.17) is 0 Å². The Morgan fingerprint density at radius 2 is 2.00 bits per heavy atom. The number of piperidine rings is 2. The number of benzene rings is 1. The molecular formula is C25H34N4O. The molecule has 5 nitrogen and oxygen atoms in total. The third-order valence-electron chi connectivity index (χ3n) is 6.61. The molecule has 2 aliphatic rings. The summed E-state index contributed by atoms with van der Waals surface area (Å²) in [6.45, 7) is 5.16. The summed E-state index contributed by atoms with van der Waals surface area (Å²) >= 11 is 0. The molecule has 2 aliphatic heterocycles. The minimum atomic E-state index is 0.224. The second-order valence-corrected chi connectivity index (χ2v) is 9.06. The summed E-state index contributed by atoms with van der Waals surface area (Å²) in [6, 6.07) is 15.3. The highest BCUT2D eigenvalue weighted by atomic mass is 16.2. The van der Waals surface area contributed by atoms with Crippen LogP contribution in [0, 0.1) is 11.8 Å². The van der Waals surface area contributed by atoms with Gasteiger partial charge in [-0.2, -0.15) is 0 Å². The third-order valence-corrected chi connectivity index (χ3v) is 6.61. The van der Waals surface area contributed by atoms with Gasteiger partial charge in [0.1, 0.15) is 0 Å². The molecule has 1 aromatic heterocycles. The lowest BCUT2D eigenvalue weighted by Crippen LogP contribution is -2.55. The maximum atomic E-state index is 12.5. The van der Waals surface area contributed by atoms with E-state index >= 15 is 0 Å². The maximum absolute atomic E-state index is 12.5. The van der Waals surface area contributed by atoms with Gasteiger partial charge in [-0.1, -0.05) is 36.4 Å². The van der Waals surface area contributed by atoms with Gasteiger partial charge < -0.3 is 10.2 Å². The van der Waals surface area contributed by atoms with Gasteiger partial charge in [0.05, 0.1) is 0 Å². The number of nitrogens with zero attached hydrogens (tertiary/aromatic N) is 3. The van der Waals surface area contributed by atoms with Crippen LogP contribution in [0.15, 0.2) is 54.9 Å². The Hall–Kier alpha value is -2.24. The van der Waals surface area contributed by atoms with Crippen molar-refractivity contribution in [2.75, 3.05) is 26.7 Å². The van der Waals surface area contributed by atoms with E-state index in [0.29, 0.717) is 24.9 Å². The van der Waals surface area contributed by atoms with Gasteiger partial charge in [0, 0.05) is 58.1 Å². The van der Waals surface area contributed by atoms with Crippen LogP contribution in [0.3, 0.4) is 0 Å². The summed E-state index contributed by atoms with van der Waals surface area (Å²) in [6.07, 6.45) is 7.59. The van der Waals surface area contributed by atoms with Gasteiger partial charge in [0.15, 0.2) is 0 Å². The first-order chi connectivity index (χ1) is 14.7. The van der Waals surface area contributed by atoms with Crippen LogP contribution in [0.25, 0.3) is 0 Å². The van der Waals surface area contributed by atoms with Crippen molar-refractivity contribution >= 4 is 5.91 Å². The summed E-state index contributed by atoms with van der Waals surface area (Å²) in [5.74, 6) is 1.68. The van der Waals surface area contributed by atoms with Crippen LogP contribution in [-0.2, 0) is 17.9 Å². The number of carbonyl (C=O) groups excluding carboxylic acids is 1. The number of hydrogen-bond donors (Lipinski definition) is 1. The Morgan fingerprint density at radius 3 is 2.80 bits per heavy atom. The largest absolute Gasteiger partial charge is 0.341 e. The molecule has 2 aromatic rings. The van der Waals surface area contributed by atoms with Gasteiger partial charge in [-0.25, -0.2) is 0 Å². The molecule has 2 unspecified atom stereocenters. The maximum Gasteiger partial charge on any atom is 0.222 e. The number of fused-ring (bicyclic) bond motifs is 2. The molecule has 0 spiro atoms. The number of aromatic nitrogens is 1. The Balaban J connectivity index is 1.22. The van der Waals surface area contributed by atoms with Crippen LogP contribution in [0.1, 0.15) is 36.8 Å². The van der Waals surface area contributed by atoms with Crippen molar-refractivity contribution in [3.8, 4) is 0 Å². The molecule has 0 radical (unpaired) electrons. The van der Waals surface area contributed by atoms with E-state index in [0.717, 1.165) is 44.0 Å². The molecule has 5 heteroatoms. The van der Waals surface area contributed by atoms with Crippen molar-refractivity contribution in [1.29, 1.82) is 0 Å². The highest BCUT2D eigenvalue weighted by Crippen LogP contribution is 2.31. The molecule has 0 aliphatic carbocycles.